The molecule has 0 saturated carbocycles. The average Bonchev–Trinajstić information content (AvgIpc) is 2.51. The van der Waals surface area contributed by atoms with E-state index in [4.69, 9.17) is 0 Å². The first kappa shape index (κ1) is 26.8. The number of rotatable bonds is 15. The van der Waals surface area contributed by atoms with Crippen LogP contribution in [0, 0.1) is 11.3 Å². The van der Waals surface area contributed by atoms with Crippen molar-refractivity contribution in [2.75, 3.05) is 0 Å². The molecule has 0 fully saturated rings. The van der Waals surface area contributed by atoms with Crippen molar-refractivity contribution in [2.45, 2.75) is 97.8 Å². The van der Waals surface area contributed by atoms with Crippen molar-refractivity contribution in [2.24, 2.45) is 11.3 Å². The number of aliphatic carboxylic acids is 2. The Balaban J connectivity index is -0.00000242. The van der Waals surface area contributed by atoms with E-state index in [1.807, 2.05) is 6.92 Å². The Morgan fingerprint density at radius 2 is 1.29 bits per heavy atom. The minimum atomic E-state index is -1.60. The van der Waals surface area contributed by atoms with Gasteiger partial charge in [0.15, 0.2) is 5.41 Å². The largest absolute Gasteiger partial charge is 1.00 e. The first-order valence-electron chi connectivity index (χ1n) is 9.44. The molecule has 0 aromatic heterocycles. The van der Waals surface area contributed by atoms with Crippen LogP contribution >= 0.6 is 0 Å². The fourth-order valence-electron chi connectivity index (χ4n) is 3.48. The zero-order valence-corrected chi connectivity index (χ0v) is 19.4. The van der Waals surface area contributed by atoms with Gasteiger partial charge in [-0.25, -0.2) is 0 Å². The molecule has 1 atom stereocenters. The topological polar surface area (TPSA) is 74.6 Å². The normalized spacial score (nSPS) is 12.5. The maximum atomic E-state index is 11.9. The van der Waals surface area contributed by atoms with Crippen LogP contribution in [0.15, 0.2) is 0 Å². The summed E-state index contributed by atoms with van der Waals surface area (Å²) in [6, 6.07) is 0. The molecule has 0 spiro atoms. The summed E-state index contributed by atoms with van der Waals surface area (Å²) in [5, 5.41) is 19.4. The maximum Gasteiger partial charge on any atom is 1.00 e. The minimum absolute atomic E-state index is 0. The maximum absolute atomic E-state index is 11.9. The number of hydrogen-bond donors (Lipinski definition) is 2. The Kier molecular flexibility index (Phi) is 17.6. The van der Waals surface area contributed by atoms with Gasteiger partial charge in [0.05, 0.1) is 0 Å². The molecule has 5 heteroatoms. The summed E-state index contributed by atoms with van der Waals surface area (Å²) in [4.78, 5) is 23.8. The standard InChI is InChI=1S/C19H36O4.K.H/c1-4-7-9-10-11-13-15-19(17(20)21,18(22)23)16(6-3)14-12-8-5-2;;/h16H,4-15H2,1-3H3,(H,20,21)(H,22,23);;/q;+1;-1. The number of carboxylic acids is 2. The van der Waals surface area contributed by atoms with Crippen molar-refractivity contribution in [3.05, 3.63) is 0 Å². The van der Waals surface area contributed by atoms with Crippen molar-refractivity contribution in [1.82, 2.24) is 0 Å². The van der Waals surface area contributed by atoms with Gasteiger partial charge in [0.1, 0.15) is 0 Å². The van der Waals surface area contributed by atoms with Crippen molar-refractivity contribution in [1.29, 1.82) is 0 Å². The first-order valence-corrected chi connectivity index (χ1v) is 9.44. The van der Waals surface area contributed by atoms with Gasteiger partial charge in [0, 0.05) is 0 Å². The van der Waals surface area contributed by atoms with Crippen LogP contribution in [-0.4, -0.2) is 22.2 Å². The number of unbranched alkanes of at least 4 members (excludes halogenated alkanes) is 7. The minimum Gasteiger partial charge on any atom is -1.00 e. The van der Waals surface area contributed by atoms with E-state index in [9.17, 15) is 19.8 Å². The van der Waals surface area contributed by atoms with Crippen LogP contribution in [0.3, 0.4) is 0 Å². The molecule has 0 aliphatic heterocycles. The van der Waals surface area contributed by atoms with Gasteiger partial charge >= 0.3 is 63.3 Å². The zero-order valence-electron chi connectivity index (χ0n) is 17.3. The molecule has 0 saturated heterocycles. The summed E-state index contributed by atoms with van der Waals surface area (Å²) in [6.07, 6.45) is 10.7. The average molecular weight is 369 g/mol. The number of carbonyl (C=O) groups is 2. The third-order valence-corrected chi connectivity index (χ3v) is 5.03. The Morgan fingerprint density at radius 1 is 0.833 bits per heavy atom. The van der Waals surface area contributed by atoms with Gasteiger partial charge in [-0.2, -0.15) is 0 Å². The first-order chi connectivity index (χ1) is 11.0. The van der Waals surface area contributed by atoms with E-state index < -0.39 is 17.4 Å². The van der Waals surface area contributed by atoms with Gasteiger partial charge in [-0.1, -0.05) is 85.0 Å². The molecular formula is C19H37KO4. The molecule has 1 unspecified atom stereocenters. The quantitative estimate of drug-likeness (QED) is 0.265. The third kappa shape index (κ3) is 8.79. The van der Waals surface area contributed by atoms with E-state index in [1.165, 1.54) is 12.8 Å². The predicted molar refractivity (Wildman–Crippen MR) is 94.7 cm³/mol. The van der Waals surface area contributed by atoms with Crippen LogP contribution in [0.25, 0.3) is 0 Å². The summed E-state index contributed by atoms with van der Waals surface area (Å²) in [6.45, 7) is 6.17. The van der Waals surface area contributed by atoms with Crippen LogP contribution in [0.4, 0.5) is 0 Å². The van der Waals surface area contributed by atoms with Crippen LogP contribution in [0.2, 0.25) is 0 Å². The molecule has 0 aliphatic rings. The number of carboxylic acid groups (broad SMARTS) is 2. The van der Waals surface area contributed by atoms with E-state index in [0.29, 0.717) is 19.3 Å². The molecule has 0 heterocycles. The van der Waals surface area contributed by atoms with Gasteiger partial charge in [-0.15, -0.1) is 0 Å². The molecule has 2 N–H and O–H groups in total. The molecule has 0 aromatic carbocycles. The Labute approximate surface area is 192 Å². The van der Waals surface area contributed by atoms with Crippen LogP contribution in [-0.2, 0) is 9.59 Å². The van der Waals surface area contributed by atoms with Crippen LogP contribution in [0.5, 0.6) is 0 Å². The van der Waals surface area contributed by atoms with Crippen molar-refractivity contribution in [3.63, 3.8) is 0 Å². The van der Waals surface area contributed by atoms with E-state index in [0.717, 1.165) is 38.5 Å². The molecule has 0 rings (SSSR count). The molecule has 4 nitrogen and oxygen atoms in total. The molecule has 0 amide bonds. The summed E-state index contributed by atoms with van der Waals surface area (Å²) in [7, 11) is 0. The van der Waals surface area contributed by atoms with Gasteiger partial charge in [0.25, 0.3) is 0 Å². The third-order valence-electron chi connectivity index (χ3n) is 5.03. The van der Waals surface area contributed by atoms with Gasteiger partial charge < -0.3 is 11.6 Å². The fraction of sp³-hybridized carbons (Fsp3) is 0.895. The molecule has 0 radical (unpaired) electrons. The molecule has 0 bridgehead atoms. The Morgan fingerprint density at radius 3 is 1.75 bits per heavy atom. The second-order valence-corrected chi connectivity index (χ2v) is 6.70. The molecule has 138 valence electrons. The summed E-state index contributed by atoms with van der Waals surface area (Å²) >= 11 is 0. The van der Waals surface area contributed by atoms with Crippen LogP contribution < -0.4 is 51.4 Å². The second-order valence-electron chi connectivity index (χ2n) is 6.70. The molecule has 0 aromatic rings. The second kappa shape index (κ2) is 15.8. The van der Waals surface area contributed by atoms with Gasteiger partial charge in [0.2, 0.25) is 0 Å². The van der Waals surface area contributed by atoms with Crippen LogP contribution in [0.1, 0.15) is 99.2 Å². The van der Waals surface area contributed by atoms with Gasteiger partial charge in [-0.05, 0) is 18.8 Å². The fourth-order valence-corrected chi connectivity index (χ4v) is 3.48. The Bertz CT molecular complexity index is 336. The van der Waals surface area contributed by atoms with E-state index in [1.54, 1.807) is 0 Å². The summed E-state index contributed by atoms with van der Waals surface area (Å²) in [5.74, 6) is -2.58. The van der Waals surface area contributed by atoms with Crippen molar-refractivity contribution < 1.29 is 72.6 Å². The van der Waals surface area contributed by atoms with E-state index in [2.05, 4.69) is 13.8 Å². The van der Waals surface area contributed by atoms with E-state index in [-0.39, 0.29) is 65.1 Å². The predicted octanol–water partition coefficient (Wildman–Crippen LogP) is 2.62. The van der Waals surface area contributed by atoms with Crippen molar-refractivity contribution >= 4 is 11.9 Å². The number of hydrogen-bond acceptors (Lipinski definition) is 2. The van der Waals surface area contributed by atoms with E-state index >= 15 is 0 Å². The van der Waals surface area contributed by atoms with Gasteiger partial charge in [-0.3, -0.25) is 9.59 Å². The Hall–Kier alpha value is 0.576. The molecular weight excluding hydrogens is 331 g/mol. The zero-order chi connectivity index (χ0) is 17.7. The smallest absolute Gasteiger partial charge is 1.00 e. The monoisotopic (exact) mass is 368 g/mol. The SMILES string of the molecule is CCCCCCCCC(C(=O)O)(C(=O)O)C(CC)CCCCC.[H-].[K+]. The molecule has 24 heavy (non-hydrogen) atoms. The summed E-state index contributed by atoms with van der Waals surface area (Å²) in [5.41, 5.74) is -1.60. The van der Waals surface area contributed by atoms with Crippen molar-refractivity contribution in [3.8, 4) is 0 Å². The molecule has 0 aliphatic carbocycles. The summed E-state index contributed by atoms with van der Waals surface area (Å²) < 4.78 is 0.